The van der Waals surface area contributed by atoms with E-state index < -0.39 is 17.8 Å². The van der Waals surface area contributed by atoms with E-state index in [0.29, 0.717) is 5.69 Å². The highest BCUT2D eigenvalue weighted by molar-refractivity contribution is 7.80. The average molecular weight is 408 g/mol. The van der Waals surface area contributed by atoms with E-state index in [1.165, 1.54) is 7.11 Å². The third kappa shape index (κ3) is 9.08. The number of thiocarbonyl (C=S) groups is 1. The molecule has 0 saturated carbocycles. The second-order valence-corrected chi connectivity index (χ2v) is 6.38. The highest BCUT2D eigenvalue weighted by Gasteiger charge is 2.10. The lowest BCUT2D eigenvalue weighted by Crippen LogP contribution is -2.48. The lowest BCUT2D eigenvalue weighted by Gasteiger charge is -2.11. The van der Waals surface area contributed by atoms with Gasteiger partial charge in [-0.25, -0.2) is 0 Å². The maximum Gasteiger partial charge on any atom is 0.306 e. The predicted octanol–water partition coefficient (Wildman–Crippen LogP) is 0.997. The largest absolute Gasteiger partial charge is 0.469 e. The Hall–Kier alpha value is -3.01. The Kier molecular flexibility index (Phi) is 9.58. The number of carbonyl (C=O) groups is 4. The number of carbonyl (C=O) groups excluding carboxylic acids is 4. The number of anilines is 1. The Balaban J connectivity index is 2.25. The zero-order valence-corrected chi connectivity index (χ0v) is 16.8. The van der Waals surface area contributed by atoms with Gasteiger partial charge in [-0.2, -0.15) is 0 Å². The summed E-state index contributed by atoms with van der Waals surface area (Å²) in [5.41, 5.74) is 7.49. The molecular weight excluding hydrogens is 384 g/mol. The normalized spacial score (nSPS) is 9.82. The molecule has 0 heterocycles. The first kappa shape index (κ1) is 23.0. The minimum Gasteiger partial charge on any atom is -0.469 e. The fraction of sp³-hybridized carbons (Fsp3) is 0.389. The van der Waals surface area contributed by atoms with Crippen molar-refractivity contribution in [2.45, 2.75) is 39.5 Å². The molecule has 0 aliphatic heterocycles. The first-order chi connectivity index (χ1) is 13.2. The molecule has 3 amide bonds. The van der Waals surface area contributed by atoms with Gasteiger partial charge >= 0.3 is 5.97 Å². The van der Waals surface area contributed by atoms with E-state index in [9.17, 15) is 19.2 Å². The molecule has 10 heteroatoms. The summed E-state index contributed by atoms with van der Waals surface area (Å²) in [7, 11) is 1.23. The molecule has 1 aromatic rings. The molecule has 0 aliphatic rings. The molecular formula is C18H24N4O5S. The van der Waals surface area contributed by atoms with Crippen molar-refractivity contribution in [2.24, 2.45) is 0 Å². The van der Waals surface area contributed by atoms with E-state index in [0.717, 1.165) is 11.1 Å². The highest BCUT2D eigenvalue weighted by Crippen LogP contribution is 2.14. The van der Waals surface area contributed by atoms with Crippen LogP contribution >= 0.6 is 12.2 Å². The van der Waals surface area contributed by atoms with Gasteiger partial charge in [0, 0.05) is 24.9 Å². The molecule has 0 spiro atoms. The number of amides is 3. The van der Waals surface area contributed by atoms with Crippen LogP contribution in [0.1, 0.15) is 36.8 Å². The van der Waals surface area contributed by atoms with Gasteiger partial charge in [0.1, 0.15) is 0 Å². The summed E-state index contributed by atoms with van der Waals surface area (Å²) in [6, 6.07) is 5.56. The maximum atomic E-state index is 11.9. The van der Waals surface area contributed by atoms with E-state index in [4.69, 9.17) is 12.2 Å². The van der Waals surface area contributed by atoms with Gasteiger partial charge in [-0.05, 0) is 49.3 Å². The molecule has 4 N–H and O–H groups in total. The van der Waals surface area contributed by atoms with Gasteiger partial charge in [0.2, 0.25) is 17.7 Å². The number of rotatable bonds is 7. The summed E-state index contributed by atoms with van der Waals surface area (Å²) in [6.45, 7) is 3.92. The van der Waals surface area contributed by atoms with Crippen molar-refractivity contribution in [1.82, 2.24) is 16.2 Å². The van der Waals surface area contributed by atoms with Crippen molar-refractivity contribution in [3.8, 4) is 0 Å². The number of esters is 1. The highest BCUT2D eigenvalue weighted by atomic mass is 32.1. The van der Waals surface area contributed by atoms with E-state index in [2.05, 4.69) is 26.2 Å². The lowest BCUT2D eigenvalue weighted by molar-refractivity contribution is -0.142. The van der Waals surface area contributed by atoms with Gasteiger partial charge in [-0.1, -0.05) is 6.07 Å². The molecule has 0 unspecified atom stereocenters. The number of hydrazine groups is 1. The standard InChI is InChI=1S/C18H24N4O5S/c1-11-4-5-13(10-12(11)2)19-14(23)6-7-16(25)21-22-18(28)20-15(24)8-9-17(26)27-3/h4-5,10H,6-9H2,1-3H3,(H,19,23)(H,21,25)(H2,20,22,24,28). The predicted molar refractivity (Wildman–Crippen MR) is 107 cm³/mol. The summed E-state index contributed by atoms with van der Waals surface area (Å²) in [6.07, 6.45) is -0.255. The number of benzene rings is 1. The maximum absolute atomic E-state index is 11.9. The first-order valence-electron chi connectivity index (χ1n) is 8.54. The van der Waals surface area contributed by atoms with Gasteiger partial charge in [-0.3, -0.25) is 30.0 Å². The Morgan fingerprint density at radius 3 is 2.18 bits per heavy atom. The second-order valence-electron chi connectivity index (χ2n) is 5.97. The smallest absolute Gasteiger partial charge is 0.306 e. The van der Waals surface area contributed by atoms with Crippen LogP contribution < -0.4 is 21.5 Å². The first-order valence-corrected chi connectivity index (χ1v) is 8.94. The van der Waals surface area contributed by atoms with Crippen LogP contribution in [0.2, 0.25) is 0 Å². The molecule has 0 saturated heterocycles. The summed E-state index contributed by atoms with van der Waals surface area (Å²) >= 11 is 4.85. The fourth-order valence-corrected chi connectivity index (χ4v) is 2.16. The quantitative estimate of drug-likeness (QED) is 0.301. The zero-order chi connectivity index (χ0) is 21.1. The van der Waals surface area contributed by atoms with Crippen LogP contribution in [-0.2, 0) is 23.9 Å². The van der Waals surface area contributed by atoms with Crippen molar-refractivity contribution < 1.29 is 23.9 Å². The van der Waals surface area contributed by atoms with Crippen LogP contribution in [0, 0.1) is 13.8 Å². The topological polar surface area (TPSA) is 126 Å². The van der Waals surface area contributed by atoms with Crippen LogP contribution in [0.5, 0.6) is 0 Å². The van der Waals surface area contributed by atoms with Crippen molar-refractivity contribution in [3.63, 3.8) is 0 Å². The van der Waals surface area contributed by atoms with Crippen molar-refractivity contribution in [2.75, 3.05) is 12.4 Å². The minimum absolute atomic E-state index is 0.0152. The van der Waals surface area contributed by atoms with Crippen molar-refractivity contribution in [3.05, 3.63) is 29.3 Å². The molecule has 1 rings (SSSR count). The van der Waals surface area contributed by atoms with E-state index in [-0.39, 0.29) is 36.7 Å². The summed E-state index contributed by atoms with van der Waals surface area (Å²) in [5.74, 6) is -1.77. The average Bonchev–Trinajstić information content (AvgIpc) is 2.65. The number of hydrogen-bond acceptors (Lipinski definition) is 6. The van der Waals surface area contributed by atoms with E-state index >= 15 is 0 Å². The minimum atomic E-state index is -0.513. The molecule has 0 aromatic heterocycles. The number of aryl methyl sites for hydroxylation is 2. The molecule has 9 nitrogen and oxygen atoms in total. The molecule has 0 fully saturated rings. The Morgan fingerprint density at radius 1 is 0.893 bits per heavy atom. The molecule has 0 atom stereocenters. The molecule has 0 radical (unpaired) electrons. The number of hydrogen-bond donors (Lipinski definition) is 4. The second kappa shape index (κ2) is 11.7. The van der Waals surface area contributed by atoms with Gasteiger partial charge in [0.15, 0.2) is 5.11 Å². The van der Waals surface area contributed by atoms with Crippen LogP contribution in [0.3, 0.4) is 0 Å². The van der Waals surface area contributed by atoms with E-state index in [1.807, 2.05) is 26.0 Å². The number of nitrogens with one attached hydrogen (secondary N) is 4. The van der Waals surface area contributed by atoms with Crippen LogP contribution in [0.15, 0.2) is 18.2 Å². The number of ether oxygens (including phenoxy) is 1. The lowest BCUT2D eigenvalue weighted by atomic mass is 10.1. The van der Waals surface area contributed by atoms with Crippen LogP contribution in [0.4, 0.5) is 5.69 Å². The van der Waals surface area contributed by atoms with E-state index in [1.54, 1.807) is 6.07 Å². The molecule has 1 aromatic carbocycles. The zero-order valence-electron chi connectivity index (χ0n) is 16.0. The SMILES string of the molecule is COC(=O)CCC(=O)NC(=S)NNC(=O)CCC(=O)Nc1ccc(C)c(C)c1. The summed E-state index contributed by atoms with van der Waals surface area (Å²) in [4.78, 5) is 46.2. The van der Waals surface area contributed by atoms with Gasteiger partial charge in [-0.15, -0.1) is 0 Å². The molecule has 28 heavy (non-hydrogen) atoms. The molecule has 152 valence electrons. The van der Waals surface area contributed by atoms with Crippen LogP contribution in [0.25, 0.3) is 0 Å². The fourth-order valence-electron chi connectivity index (χ4n) is 2.00. The van der Waals surface area contributed by atoms with Crippen LogP contribution in [-0.4, -0.2) is 35.9 Å². The summed E-state index contributed by atoms with van der Waals surface area (Å²) < 4.78 is 4.42. The Labute approximate surface area is 168 Å². The molecule has 0 bridgehead atoms. The van der Waals surface area contributed by atoms with Crippen molar-refractivity contribution >= 4 is 46.7 Å². The molecule has 0 aliphatic carbocycles. The Bertz CT molecular complexity index is 766. The Morgan fingerprint density at radius 2 is 1.54 bits per heavy atom. The number of methoxy groups -OCH3 is 1. The third-order valence-electron chi connectivity index (χ3n) is 3.72. The summed E-state index contributed by atoms with van der Waals surface area (Å²) in [5, 5.41) is 4.90. The van der Waals surface area contributed by atoms with Gasteiger partial charge in [0.25, 0.3) is 0 Å². The monoisotopic (exact) mass is 408 g/mol. The van der Waals surface area contributed by atoms with Gasteiger partial charge in [0.05, 0.1) is 13.5 Å². The third-order valence-corrected chi connectivity index (χ3v) is 3.93. The van der Waals surface area contributed by atoms with Crippen molar-refractivity contribution in [1.29, 1.82) is 0 Å². The van der Waals surface area contributed by atoms with Gasteiger partial charge < -0.3 is 15.4 Å².